The van der Waals surface area contributed by atoms with Crippen LogP contribution in [0.4, 0.5) is 0 Å². The van der Waals surface area contributed by atoms with Crippen molar-refractivity contribution < 1.29 is 0 Å². The maximum absolute atomic E-state index is 2.70. The fourth-order valence-electron chi connectivity index (χ4n) is 15.7. The molecule has 0 saturated carbocycles. The van der Waals surface area contributed by atoms with E-state index in [1.54, 1.807) is 0 Å². The van der Waals surface area contributed by atoms with E-state index in [0.29, 0.717) is 0 Å². The smallest absolute Gasteiger partial charge is 0.0664 e. The molecule has 0 aliphatic carbocycles. The maximum Gasteiger partial charge on any atom is 0.244 e. The van der Waals surface area contributed by atoms with Crippen LogP contribution in [0.15, 0.2) is 255 Å². The van der Waals surface area contributed by atoms with Crippen molar-refractivity contribution in [2.24, 2.45) is 0 Å². The van der Waals surface area contributed by atoms with Gasteiger partial charge in [0.15, 0.2) is 0 Å². The molecule has 0 amide bonds. The summed E-state index contributed by atoms with van der Waals surface area (Å²) in [6.07, 6.45) is 0. The predicted octanol–water partition coefficient (Wildman–Crippen LogP) is 16.2. The van der Waals surface area contributed by atoms with E-state index < -0.39 is 0 Å². The minimum atomic E-state index is 0.0590. The number of rotatable bonds is 6. The Hall–Kier alpha value is -9.75. The molecule has 4 aliphatic rings. The van der Waals surface area contributed by atoms with Gasteiger partial charge in [-0.15, -0.1) is 0 Å². The van der Waals surface area contributed by atoms with Gasteiger partial charge in [0.25, 0.3) is 0 Å². The zero-order valence-corrected chi connectivity index (χ0v) is 44.4. The summed E-state index contributed by atoms with van der Waals surface area (Å²) < 4.78 is 0. The molecule has 0 N–H and O–H groups in total. The van der Waals surface area contributed by atoms with Crippen molar-refractivity contribution in [1.82, 2.24) is 0 Å². The largest absolute Gasteiger partial charge is 0.244 e. The first-order valence-corrected chi connectivity index (χ1v) is 28.4. The van der Waals surface area contributed by atoms with Gasteiger partial charge in [-0.05, 0) is 181 Å². The van der Waals surface area contributed by atoms with Crippen molar-refractivity contribution in [2.75, 3.05) is 0 Å². The molecule has 4 aliphatic heterocycles. The van der Waals surface area contributed by atoms with Crippen molar-refractivity contribution in [2.45, 2.75) is 13.8 Å². The third kappa shape index (κ3) is 5.92. The highest BCUT2D eigenvalue weighted by molar-refractivity contribution is 7.03. The summed E-state index contributed by atoms with van der Waals surface area (Å²) in [6, 6.07) is 97.8. The topological polar surface area (TPSA) is 0 Å². The van der Waals surface area contributed by atoms with Gasteiger partial charge in [-0.2, -0.15) is 0 Å². The molecule has 0 fully saturated rings. The van der Waals surface area contributed by atoms with Gasteiger partial charge < -0.3 is 0 Å². The van der Waals surface area contributed by atoms with Gasteiger partial charge in [0.05, 0.1) is 0 Å². The molecule has 0 radical (unpaired) electrons. The fraction of sp³-hybridized carbons (Fsp3) is 0.0256. The van der Waals surface area contributed by atoms with E-state index in [1.165, 1.54) is 187 Å². The van der Waals surface area contributed by atoms with Crippen LogP contribution in [-0.2, 0) is 0 Å². The summed E-state index contributed by atoms with van der Waals surface area (Å²) in [5, 5.41) is 8.13. The monoisotopic (exact) mass is 1010 g/mol. The number of fused-ring (bicyclic) bond motifs is 10. The van der Waals surface area contributed by atoms with Gasteiger partial charge in [0.2, 0.25) is 13.4 Å². The van der Waals surface area contributed by atoms with Gasteiger partial charge >= 0.3 is 0 Å². The molecule has 0 unspecified atom stereocenters. The number of benzene rings is 14. The Bertz CT molecular complexity index is 4560. The summed E-state index contributed by atoms with van der Waals surface area (Å²) in [5.74, 6) is 0. The Kier molecular flexibility index (Phi) is 9.07. The molecule has 4 heterocycles. The summed E-state index contributed by atoms with van der Waals surface area (Å²) in [5.41, 5.74) is 36.7. The summed E-state index contributed by atoms with van der Waals surface area (Å²) in [4.78, 5) is 0. The second-order valence-electron chi connectivity index (χ2n) is 23.0. The highest BCUT2D eigenvalue weighted by Crippen LogP contribution is 2.55. The Morgan fingerprint density at radius 1 is 0.212 bits per heavy atom. The van der Waals surface area contributed by atoms with Gasteiger partial charge in [-0.25, -0.2) is 0 Å². The fourth-order valence-corrected chi connectivity index (χ4v) is 15.7. The van der Waals surface area contributed by atoms with E-state index >= 15 is 0 Å². The molecular formula is C78H48B2. The molecule has 14 aromatic carbocycles. The molecule has 0 aromatic heterocycles. The quantitative estimate of drug-likeness (QED) is 0.115. The standard InChI is InChI=1S/C78H48B2/c1-45-37-63-55-29-15-17-35-67(55)79-69-43-62-58(72-53(49-25-11-5-12-26-49)33-20-34-54(72)50-27-13-6-14-28-50)42-60-66-40-46(2)38-64-56-30-16-18-36-68(56)80(78(64)66)70-44-61-57(41-59(65(39-45)77(63)79)73(69)75(61)76(62)74(60)70)71-51(47-21-7-3-8-22-47)31-19-32-52(71)48-23-9-4-10-24-48/h3-44H,1-2H3. The molecule has 0 atom stereocenters. The second-order valence-corrected chi connectivity index (χ2v) is 23.0. The highest BCUT2D eigenvalue weighted by atomic mass is 14.4. The lowest BCUT2D eigenvalue weighted by atomic mass is 9.34. The van der Waals surface area contributed by atoms with E-state index in [0.717, 1.165) is 0 Å². The van der Waals surface area contributed by atoms with Crippen molar-refractivity contribution in [3.05, 3.63) is 266 Å². The average Bonchev–Trinajstić information content (AvgIpc) is 4.14. The van der Waals surface area contributed by atoms with Crippen LogP contribution in [0.5, 0.6) is 0 Å². The lowest BCUT2D eigenvalue weighted by molar-refractivity contribution is 1.48. The second kappa shape index (κ2) is 16.4. The molecular weight excluding hydrogens is 958 g/mol. The molecule has 0 nitrogen and oxygen atoms in total. The van der Waals surface area contributed by atoms with E-state index in [9.17, 15) is 0 Å². The zero-order valence-electron chi connectivity index (χ0n) is 44.4. The van der Waals surface area contributed by atoms with Crippen molar-refractivity contribution in [3.63, 3.8) is 0 Å². The predicted molar refractivity (Wildman–Crippen MR) is 343 cm³/mol. The molecule has 0 saturated heterocycles. The molecule has 18 rings (SSSR count). The number of aryl methyl sites for hydroxylation is 2. The van der Waals surface area contributed by atoms with E-state index in [-0.39, 0.29) is 13.4 Å². The molecule has 0 bridgehead atoms. The summed E-state index contributed by atoms with van der Waals surface area (Å²) in [7, 11) is 0. The minimum absolute atomic E-state index is 0.0590. The lowest BCUT2D eigenvalue weighted by Crippen LogP contribution is -2.53. The maximum atomic E-state index is 2.70. The number of hydrogen-bond donors (Lipinski definition) is 0. The molecule has 0 spiro atoms. The van der Waals surface area contributed by atoms with Crippen LogP contribution >= 0.6 is 0 Å². The Morgan fingerprint density at radius 3 is 0.863 bits per heavy atom. The van der Waals surface area contributed by atoms with E-state index in [2.05, 4.69) is 269 Å². The SMILES string of the molecule is Cc1cc2c3c(c1)-c1cc(-c4c(-c5ccccc5)cccc4-c4ccccc4)c4cc5c6c(cc(-c7c(-c8ccccc8)cccc7-c7ccccc7)c7cc(c1c4c76)B3c1ccccc1-2)-c1cc(C)cc2c1B5c1ccccc1-2. The van der Waals surface area contributed by atoms with Gasteiger partial charge in [0, 0.05) is 0 Å². The van der Waals surface area contributed by atoms with Crippen LogP contribution in [0.25, 0.3) is 144 Å². The first-order valence-electron chi connectivity index (χ1n) is 28.4. The van der Waals surface area contributed by atoms with E-state index in [4.69, 9.17) is 0 Å². The Labute approximate surface area is 466 Å². The number of hydrogen-bond acceptors (Lipinski definition) is 0. The first kappa shape index (κ1) is 44.3. The Morgan fingerprint density at radius 2 is 0.512 bits per heavy atom. The van der Waals surface area contributed by atoms with Gasteiger partial charge in [-0.3, -0.25) is 0 Å². The third-order valence-electron chi connectivity index (χ3n) is 18.7. The van der Waals surface area contributed by atoms with E-state index in [1.807, 2.05) is 0 Å². The highest BCUT2D eigenvalue weighted by Gasteiger charge is 2.45. The molecule has 14 aromatic rings. The first-order chi connectivity index (χ1) is 39.6. The summed E-state index contributed by atoms with van der Waals surface area (Å²) >= 11 is 0. The normalized spacial score (nSPS) is 12.8. The van der Waals surface area contributed by atoms with Crippen LogP contribution in [0.2, 0.25) is 0 Å². The van der Waals surface area contributed by atoms with Crippen LogP contribution < -0.4 is 32.8 Å². The van der Waals surface area contributed by atoms with Crippen LogP contribution in [0.3, 0.4) is 0 Å². The van der Waals surface area contributed by atoms with Gasteiger partial charge in [0.1, 0.15) is 0 Å². The van der Waals surface area contributed by atoms with Crippen LogP contribution in [-0.4, -0.2) is 13.4 Å². The van der Waals surface area contributed by atoms with Crippen molar-refractivity contribution >= 4 is 78.5 Å². The zero-order chi connectivity index (χ0) is 52.5. The lowest BCUT2D eigenvalue weighted by Gasteiger charge is -2.33. The van der Waals surface area contributed by atoms with Crippen LogP contribution in [0.1, 0.15) is 11.1 Å². The van der Waals surface area contributed by atoms with Crippen LogP contribution in [0, 0.1) is 13.8 Å². The average molecular weight is 1010 g/mol. The van der Waals surface area contributed by atoms with Gasteiger partial charge in [-0.1, -0.05) is 275 Å². The molecule has 366 valence electrons. The molecule has 2 heteroatoms. The third-order valence-corrected chi connectivity index (χ3v) is 18.7. The van der Waals surface area contributed by atoms with Crippen molar-refractivity contribution in [3.8, 4) is 111 Å². The Balaban J connectivity index is 1.12. The molecule has 80 heavy (non-hydrogen) atoms. The van der Waals surface area contributed by atoms with Crippen molar-refractivity contribution in [1.29, 1.82) is 0 Å². The minimum Gasteiger partial charge on any atom is -0.0664 e. The summed E-state index contributed by atoms with van der Waals surface area (Å²) in [6.45, 7) is 4.72.